The van der Waals surface area contributed by atoms with Gasteiger partial charge in [-0.05, 0) is 79.9 Å². The molecule has 0 amide bonds. The van der Waals surface area contributed by atoms with E-state index in [4.69, 9.17) is 9.97 Å². The Hall–Kier alpha value is -7.20. The molecular weight excluding hydrogens is 721 g/mol. The monoisotopic (exact) mass is 754 g/mol. The average Bonchev–Trinajstić information content (AvgIpc) is 3.93. The van der Waals surface area contributed by atoms with Crippen molar-refractivity contribution in [1.29, 1.82) is 0 Å². The summed E-state index contributed by atoms with van der Waals surface area (Å²) in [5, 5.41) is 1.33. The lowest BCUT2D eigenvalue weighted by atomic mass is 9.73. The zero-order chi connectivity index (χ0) is 38.2. The van der Waals surface area contributed by atoms with Crippen LogP contribution in [-0.4, -0.2) is 9.97 Å². The minimum Gasteiger partial charge on any atom is -0.228 e. The molecule has 0 fully saturated rings. The van der Waals surface area contributed by atoms with E-state index in [9.17, 15) is 0 Å². The zero-order valence-corrected chi connectivity index (χ0v) is 32.2. The Labute approximate surface area is 341 Å². The number of thiophene rings is 1. The molecule has 0 aliphatic heterocycles. The quantitative estimate of drug-likeness (QED) is 0.175. The minimum atomic E-state index is -0.392. The first-order valence-electron chi connectivity index (χ1n) is 19.8. The van der Waals surface area contributed by atoms with E-state index in [2.05, 4.69) is 188 Å². The molecule has 0 bridgehead atoms. The third-order valence-electron chi connectivity index (χ3n) is 12.1. The molecule has 1 spiro atoms. The van der Waals surface area contributed by atoms with Crippen molar-refractivity contribution in [3.05, 3.63) is 228 Å². The third-order valence-corrected chi connectivity index (χ3v) is 13.4. The SMILES string of the molecule is c1ccc(-c2ccc(-c3cc(-c4cccc(-c5ccc6c(c5)C5(c7ccccc7-c7ccccc75)c5sc7ccccc7c5-6)c4)nc(-c4ccccc4)n3)cc2)cc1. The molecule has 3 heteroatoms. The van der Waals surface area contributed by atoms with Gasteiger partial charge in [-0.3, -0.25) is 0 Å². The molecule has 12 rings (SSSR count). The summed E-state index contributed by atoms with van der Waals surface area (Å²) in [5.74, 6) is 0.710. The van der Waals surface area contributed by atoms with Crippen LogP contribution in [0.15, 0.2) is 206 Å². The van der Waals surface area contributed by atoms with E-state index in [1.165, 1.54) is 70.6 Å². The van der Waals surface area contributed by atoms with Gasteiger partial charge in [0.05, 0.1) is 16.8 Å². The fourth-order valence-corrected chi connectivity index (χ4v) is 11.0. The van der Waals surface area contributed by atoms with Crippen LogP contribution in [0.3, 0.4) is 0 Å². The lowest BCUT2D eigenvalue weighted by molar-refractivity contribution is 0.812. The lowest BCUT2D eigenvalue weighted by Crippen LogP contribution is -2.24. The van der Waals surface area contributed by atoms with Gasteiger partial charge in [-0.1, -0.05) is 182 Å². The largest absolute Gasteiger partial charge is 0.228 e. The van der Waals surface area contributed by atoms with Crippen LogP contribution in [-0.2, 0) is 5.41 Å². The van der Waals surface area contributed by atoms with Crippen molar-refractivity contribution in [2.45, 2.75) is 5.41 Å². The van der Waals surface area contributed by atoms with Gasteiger partial charge in [0.1, 0.15) is 0 Å². The van der Waals surface area contributed by atoms with Gasteiger partial charge in [-0.2, -0.15) is 0 Å². The van der Waals surface area contributed by atoms with Crippen LogP contribution in [0.1, 0.15) is 21.6 Å². The Balaban J connectivity index is 1.02. The second-order valence-electron chi connectivity index (χ2n) is 15.3. The second kappa shape index (κ2) is 12.9. The van der Waals surface area contributed by atoms with Gasteiger partial charge in [-0.15, -0.1) is 11.3 Å². The molecule has 0 saturated carbocycles. The highest BCUT2D eigenvalue weighted by Gasteiger charge is 2.53. The van der Waals surface area contributed by atoms with E-state index >= 15 is 0 Å². The van der Waals surface area contributed by atoms with E-state index in [0.29, 0.717) is 5.82 Å². The van der Waals surface area contributed by atoms with Crippen molar-refractivity contribution in [3.8, 4) is 78.4 Å². The third kappa shape index (κ3) is 4.90. The highest BCUT2D eigenvalue weighted by atomic mass is 32.1. The smallest absolute Gasteiger partial charge is 0.160 e. The molecule has 8 aromatic carbocycles. The summed E-state index contributed by atoms with van der Waals surface area (Å²) < 4.78 is 1.34. The van der Waals surface area contributed by atoms with Crippen LogP contribution < -0.4 is 0 Å². The molecule has 2 aromatic heterocycles. The zero-order valence-electron chi connectivity index (χ0n) is 31.4. The normalized spacial score (nSPS) is 13.0. The average molecular weight is 755 g/mol. The Morgan fingerprint density at radius 1 is 0.345 bits per heavy atom. The maximum atomic E-state index is 5.20. The molecular formula is C55H34N2S. The predicted octanol–water partition coefficient (Wildman–Crippen LogP) is 14.4. The van der Waals surface area contributed by atoms with Crippen molar-refractivity contribution < 1.29 is 0 Å². The van der Waals surface area contributed by atoms with Crippen LogP contribution >= 0.6 is 11.3 Å². The van der Waals surface area contributed by atoms with Crippen molar-refractivity contribution in [2.75, 3.05) is 0 Å². The van der Waals surface area contributed by atoms with E-state index < -0.39 is 5.41 Å². The number of nitrogens with zero attached hydrogens (tertiary/aromatic N) is 2. The number of rotatable bonds is 5. The summed E-state index contributed by atoms with van der Waals surface area (Å²) >= 11 is 1.95. The molecule has 0 atom stereocenters. The molecule has 0 N–H and O–H groups in total. The first-order valence-corrected chi connectivity index (χ1v) is 20.6. The summed E-state index contributed by atoms with van der Waals surface area (Å²) in [6.45, 7) is 0. The Morgan fingerprint density at radius 3 is 1.62 bits per heavy atom. The van der Waals surface area contributed by atoms with E-state index in [1.807, 2.05) is 29.5 Å². The topological polar surface area (TPSA) is 25.8 Å². The molecule has 0 saturated heterocycles. The molecule has 0 radical (unpaired) electrons. The van der Waals surface area contributed by atoms with Gasteiger partial charge in [0.25, 0.3) is 0 Å². The van der Waals surface area contributed by atoms with Crippen LogP contribution in [0.25, 0.3) is 88.5 Å². The highest BCUT2D eigenvalue weighted by molar-refractivity contribution is 7.20. The van der Waals surface area contributed by atoms with Crippen LogP contribution in [0.2, 0.25) is 0 Å². The fourth-order valence-electron chi connectivity index (χ4n) is 9.50. The van der Waals surface area contributed by atoms with Gasteiger partial charge >= 0.3 is 0 Å². The molecule has 270 valence electrons. The standard InChI is InChI=1S/C55H34N2S/c1-3-14-35(15-4-1)36-26-28-37(29-27-36)49-34-50(57-54(56-49)38-16-5-2-6-17-38)41-19-13-18-39(32-41)40-30-31-44-48(33-40)55(53-52(44)45-22-9-12-25-51(45)58-53)46-23-10-7-20-42(46)43-21-8-11-24-47(43)55/h1-34H. The van der Waals surface area contributed by atoms with E-state index in [0.717, 1.165) is 33.6 Å². The van der Waals surface area contributed by atoms with Gasteiger partial charge in [0, 0.05) is 37.2 Å². The minimum absolute atomic E-state index is 0.392. The van der Waals surface area contributed by atoms with Gasteiger partial charge in [0.15, 0.2) is 5.82 Å². The van der Waals surface area contributed by atoms with Gasteiger partial charge in [-0.25, -0.2) is 9.97 Å². The number of hydrogen-bond acceptors (Lipinski definition) is 3. The Morgan fingerprint density at radius 2 is 0.879 bits per heavy atom. The number of hydrogen-bond donors (Lipinski definition) is 0. The van der Waals surface area contributed by atoms with Crippen LogP contribution in [0.5, 0.6) is 0 Å². The first kappa shape index (κ1) is 33.0. The van der Waals surface area contributed by atoms with E-state index in [-0.39, 0.29) is 0 Å². The maximum Gasteiger partial charge on any atom is 0.160 e. The molecule has 58 heavy (non-hydrogen) atoms. The van der Waals surface area contributed by atoms with Crippen molar-refractivity contribution >= 4 is 21.4 Å². The number of aromatic nitrogens is 2. The van der Waals surface area contributed by atoms with Crippen LogP contribution in [0.4, 0.5) is 0 Å². The van der Waals surface area contributed by atoms with Gasteiger partial charge < -0.3 is 0 Å². The van der Waals surface area contributed by atoms with Crippen molar-refractivity contribution in [2.24, 2.45) is 0 Å². The van der Waals surface area contributed by atoms with Crippen molar-refractivity contribution in [1.82, 2.24) is 9.97 Å². The fraction of sp³-hybridized carbons (Fsp3) is 0.0182. The maximum absolute atomic E-state index is 5.20. The Bertz CT molecular complexity index is 3170. The van der Waals surface area contributed by atoms with E-state index in [1.54, 1.807) is 0 Å². The Kier molecular flexibility index (Phi) is 7.35. The van der Waals surface area contributed by atoms with Crippen LogP contribution in [0, 0.1) is 0 Å². The molecule has 2 aliphatic rings. The first-order chi connectivity index (χ1) is 28.7. The van der Waals surface area contributed by atoms with Crippen molar-refractivity contribution in [3.63, 3.8) is 0 Å². The number of fused-ring (bicyclic) bond motifs is 12. The number of benzene rings is 8. The second-order valence-corrected chi connectivity index (χ2v) is 16.3. The summed E-state index contributed by atoms with van der Waals surface area (Å²) in [6, 6.07) is 74.7. The summed E-state index contributed by atoms with van der Waals surface area (Å²) in [7, 11) is 0. The summed E-state index contributed by atoms with van der Waals surface area (Å²) in [6.07, 6.45) is 0. The summed E-state index contributed by atoms with van der Waals surface area (Å²) in [4.78, 5) is 11.8. The molecule has 10 aromatic rings. The molecule has 0 unspecified atom stereocenters. The highest BCUT2D eigenvalue weighted by Crippen LogP contribution is 2.66. The predicted molar refractivity (Wildman–Crippen MR) is 241 cm³/mol. The molecule has 2 heterocycles. The molecule has 2 nitrogen and oxygen atoms in total. The lowest BCUT2D eigenvalue weighted by Gasteiger charge is -2.29. The molecule has 2 aliphatic carbocycles. The summed E-state index contributed by atoms with van der Waals surface area (Å²) in [5.41, 5.74) is 18.7. The van der Waals surface area contributed by atoms with Gasteiger partial charge in [0.2, 0.25) is 0 Å².